The Morgan fingerprint density at radius 2 is 0.587 bits per heavy atom. The first kappa shape index (κ1) is 102. The van der Waals surface area contributed by atoms with E-state index in [1.807, 2.05) is 61.5 Å². The summed E-state index contributed by atoms with van der Waals surface area (Å²) in [7, 11) is 8.12. The lowest BCUT2D eigenvalue weighted by Gasteiger charge is -2.28. The maximum Gasteiger partial charge on any atom is 0.224 e. The number of hydrogen-bond acceptors (Lipinski definition) is 11. The highest BCUT2D eigenvalue weighted by atomic mass is 32.3. The molecule has 0 aromatic heterocycles. The molecular weight excluding hydrogens is 1670 g/mol. The van der Waals surface area contributed by atoms with Crippen LogP contribution in [0.15, 0.2) is 441 Å². The van der Waals surface area contributed by atoms with Crippen LogP contribution in [0.25, 0.3) is 0 Å². The van der Waals surface area contributed by atoms with E-state index in [-0.39, 0.29) is 55.1 Å². The van der Waals surface area contributed by atoms with Crippen LogP contribution in [-0.4, -0.2) is 151 Å². The maximum absolute atomic E-state index is 11.8. The Bertz CT molecular complexity index is 4560. The third kappa shape index (κ3) is 38.6. The van der Waals surface area contributed by atoms with Gasteiger partial charge in [-0.3, -0.25) is 0 Å². The molecule has 13 aromatic rings. The van der Waals surface area contributed by atoms with Gasteiger partial charge in [-0.1, -0.05) is 257 Å². The Hall–Kier alpha value is -9.48. The van der Waals surface area contributed by atoms with E-state index >= 15 is 0 Å². The smallest absolute Gasteiger partial charge is 0.224 e. The molecule has 2 saturated heterocycles. The Morgan fingerprint density at radius 1 is 0.341 bits per heavy atom. The second-order valence-corrected chi connectivity index (χ2v) is 42.9. The van der Waals surface area contributed by atoms with Gasteiger partial charge in [-0.25, -0.2) is 16.8 Å². The lowest BCUT2D eigenvalue weighted by molar-refractivity contribution is 0.0765. The standard InChI is InChI=1S/C19H17S.3C18H15S.C14H32N2O4S2.C9H13NO.C6H14N2.C6H13NO/c1-16-12-14-19(15-13-16)20(17-8-4-2-5-9-17)18-10-6-3-7-11-18;3*1-4-10-16(11-5-1)19(17-12-6-2-7-13-17)18-14-8-3-9-15-18;1-4-5-6-7-8-10-13-21(17,18)15-22(19,20)14-11-9-12-16(2)3;1-10(2)8-4-6-9(11-3)7-5-8;1-7-3-5-8(2)6-4-7;1-8-6-2-4-7-5-3-6/h2-15H,1H3;3*1-15H;15H,4-14H2,1-3H3;4-7H,1-3H3;3-6H2,1-2H3;6-7H,2-5H2,1H3/q4*+1;;;;. The number of rotatable bonds is 29. The summed E-state index contributed by atoms with van der Waals surface area (Å²) in [6.07, 6.45) is 9.81. The van der Waals surface area contributed by atoms with Crippen LogP contribution in [0.4, 0.5) is 5.69 Å². The highest BCUT2D eigenvalue weighted by Gasteiger charge is 2.32. The lowest BCUT2D eigenvalue weighted by atomic mass is 10.1. The van der Waals surface area contributed by atoms with Gasteiger partial charge >= 0.3 is 0 Å². The summed E-state index contributed by atoms with van der Waals surface area (Å²) in [5.74, 6) is 0.641. The van der Waals surface area contributed by atoms with Gasteiger partial charge in [-0.2, -0.15) is 0 Å². The molecule has 0 atom stereocenters. The van der Waals surface area contributed by atoms with Crippen LogP contribution in [0.1, 0.15) is 76.7 Å². The van der Waals surface area contributed by atoms with Crippen molar-refractivity contribution in [3.63, 3.8) is 0 Å². The van der Waals surface area contributed by atoms with Gasteiger partial charge < -0.3 is 34.4 Å². The molecule has 664 valence electrons. The predicted octanol–water partition coefficient (Wildman–Crippen LogP) is 23.4. The van der Waals surface area contributed by atoms with Gasteiger partial charge in [0.15, 0.2) is 58.7 Å². The van der Waals surface area contributed by atoms with E-state index in [2.05, 4.69) is 406 Å². The minimum absolute atomic E-state index is 0.0146. The number of aryl methyl sites for hydroxylation is 1. The van der Waals surface area contributed by atoms with Crippen molar-refractivity contribution in [2.24, 2.45) is 0 Å². The first-order chi connectivity index (χ1) is 61.3. The zero-order valence-electron chi connectivity index (χ0n) is 75.6. The van der Waals surface area contributed by atoms with E-state index < -0.39 is 20.0 Å². The second-order valence-electron chi connectivity index (χ2n) is 30.9. The summed E-state index contributed by atoms with van der Waals surface area (Å²) in [4.78, 5) is 25.1. The molecule has 0 saturated carbocycles. The minimum atomic E-state index is -3.75. The van der Waals surface area contributed by atoms with Crippen molar-refractivity contribution in [3.8, 4) is 5.75 Å². The number of methoxy groups -OCH3 is 2. The number of sulfonamides is 2. The molecule has 2 aliphatic heterocycles. The van der Waals surface area contributed by atoms with Crippen molar-refractivity contribution < 1.29 is 26.3 Å². The molecule has 2 heterocycles. The highest BCUT2D eigenvalue weighted by molar-refractivity contribution is 8.04. The summed E-state index contributed by atoms with van der Waals surface area (Å²) in [6, 6.07) is 135. The average molecular weight is 1800 g/mol. The molecule has 0 aliphatic carbocycles. The van der Waals surface area contributed by atoms with Gasteiger partial charge in [0, 0.05) is 53.1 Å². The number of hydrogen-bond donors (Lipinski definition) is 2. The van der Waals surface area contributed by atoms with Gasteiger partial charge in [0.25, 0.3) is 0 Å². The van der Waals surface area contributed by atoms with E-state index in [0.717, 1.165) is 63.9 Å². The number of benzene rings is 13. The minimum Gasteiger partial charge on any atom is -0.497 e. The van der Waals surface area contributed by atoms with Crippen molar-refractivity contribution in [1.29, 1.82) is 0 Å². The van der Waals surface area contributed by atoms with Crippen molar-refractivity contribution in [3.05, 3.63) is 388 Å². The van der Waals surface area contributed by atoms with E-state index in [1.165, 1.54) is 109 Å². The normalized spacial score (nSPS) is 12.7. The molecule has 18 heteroatoms. The van der Waals surface area contributed by atoms with E-state index in [1.54, 1.807) is 14.2 Å². The molecule has 2 N–H and O–H groups in total. The monoisotopic (exact) mass is 1800 g/mol. The SMILES string of the molecule is CCCCCCCCS(=O)(=O)NS(=O)(=O)CCCCN(C)C.CN1CCN(C)CC1.COC1CCNCC1.COc1ccc(N(C)C)cc1.Cc1ccc([S+](c2ccccc2)c2ccccc2)cc1.c1ccc([S+](c2ccccc2)c2ccccc2)cc1.c1ccc([S+](c2ccccc2)c2ccccc2)cc1.c1ccc([S+](c2ccccc2)c2ccccc2)cc1. The maximum atomic E-state index is 11.8. The number of unbranched alkanes of at least 4 members (excludes halogenated alkanes) is 6. The second kappa shape index (κ2) is 58.8. The van der Waals surface area contributed by atoms with E-state index in [0.29, 0.717) is 18.9 Å². The van der Waals surface area contributed by atoms with Crippen molar-refractivity contribution in [2.45, 2.75) is 143 Å². The number of anilines is 1. The highest BCUT2D eigenvalue weighted by Crippen LogP contribution is 2.35. The van der Waals surface area contributed by atoms with Crippen molar-refractivity contribution in [1.82, 2.24) is 24.1 Å². The third-order valence-electron chi connectivity index (χ3n) is 20.2. The summed E-state index contributed by atoms with van der Waals surface area (Å²) in [5, 5.41) is 3.27. The zero-order valence-corrected chi connectivity index (χ0v) is 80.5. The summed E-state index contributed by atoms with van der Waals surface area (Å²) >= 11 is 0. The van der Waals surface area contributed by atoms with Gasteiger partial charge in [-0.15, -0.1) is 4.13 Å². The van der Waals surface area contributed by atoms with Gasteiger partial charge in [-0.05, 0) is 257 Å². The quantitative estimate of drug-likeness (QED) is 0.0344. The number of piperazine rings is 1. The van der Waals surface area contributed by atoms with Crippen LogP contribution < -0.4 is 19.1 Å². The lowest BCUT2D eigenvalue weighted by Crippen LogP contribution is -2.42. The number of nitrogens with one attached hydrogen (secondary N) is 2. The number of nitrogens with zero attached hydrogens (tertiary/aromatic N) is 4. The van der Waals surface area contributed by atoms with Crippen LogP contribution in [0.3, 0.4) is 0 Å². The Morgan fingerprint density at radius 3 is 0.817 bits per heavy atom. The zero-order chi connectivity index (χ0) is 89.7. The van der Waals surface area contributed by atoms with Crippen molar-refractivity contribution in [2.75, 3.05) is 119 Å². The third-order valence-corrected chi connectivity index (χ3v) is 32.9. The molecule has 12 nitrogen and oxygen atoms in total. The van der Waals surface area contributed by atoms with Crippen LogP contribution >= 0.6 is 0 Å². The molecule has 0 amide bonds. The molecule has 126 heavy (non-hydrogen) atoms. The topological polar surface area (TPSA) is 124 Å². The molecule has 0 bridgehead atoms. The molecule has 0 radical (unpaired) electrons. The summed E-state index contributed by atoms with van der Waals surface area (Å²) in [6.45, 7) is 12.2. The molecule has 2 fully saturated rings. The van der Waals surface area contributed by atoms with Crippen LogP contribution in [0.2, 0.25) is 0 Å². The fraction of sp³-hybridized carbons (Fsp3) is 0.278. The molecule has 2 aliphatic rings. The Labute approximate surface area is 768 Å². The van der Waals surface area contributed by atoms with Gasteiger partial charge in [0.05, 0.1) is 68.3 Å². The van der Waals surface area contributed by atoms with Crippen LogP contribution in [0.5, 0.6) is 5.75 Å². The summed E-state index contributed by atoms with van der Waals surface area (Å²) < 4.78 is 59.1. The fourth-order valence-electron chi connectivity index (χ4n) is 13.3. The van der Waals surface area contributed by atoms with Crippen molar-refractivity contribution >= 4 is 69.3 Å². The Balaban J connectivity index is 0.000000182. The molecular formula is C108H134N6O6S6+4. The molecule has 13 aromatic carbocycles. The first-order valence-corrected chi connectivity index (χ1v) is 51.9. The summed E-state index contributed by atoms with van der Waals surface area (Å²) in [5.41, 5.74) is 2.49. The van der Waals surface area contributed by atoms with Gasteiger partial charge in [0.1, 0.15) is 5.75 Å². The Kier molecular flexibility index (Phi) is 47.6. The fourth-order valence-corrected chi connectivity index (χ4v) is 25.1. The van der Waals surface area contributed by atoms with Crippen LogP contribution in [-0.2, 0) is 68.4 Å². The number of ether oxygens (including phenoxy) is 2. The predicted molar refractivity (Wildman–Crippen MR) is 538 cm³/mol. The van der Waals surface area contributed by atoms with Crippen LogP contribution in [0, 0.1) is 6.92 Å². The molecule has 15 rings (SSSR count). The number of likely N-dealkylation sites (N-methyl/N-ethyl adjacent to an activating group) is 2. The first-order valence-electron chi connectivity index (χ1n) is 43.7. The molecule has 0 spiro atoms. The number of piperidine rings is 1. The van der Waals surface area contributed by atoms with E-state index in [4.69, 9.17) is 9.47 Å². The largest absolute Gasteiger partial charge is 0.497 e. The van der Waals surface area contributed by atoms with Gasteiger partial charge in [0.2, 0.25) is 20.0 Å². The molecule has 0 unspecified atom stereocenters. The average Bonchev–Trinajstić information content (AvgIpc) is 0.907. The van der Waals surface area contributed by atoms with E-state index in [9.17, 15) is 16.8 Å².